The Morgan fingerprint density at radius 1 is 1.08 bits per heavy atom. The summed E-state index contributed by atoms with van der Waals surface area (Å²) in [6.45, 7) is 6.62. The van der Waals surface area contributed by atoms with Crippen LogP contribution in [0.2, 0.25) is 0 Å². The maximum atomic E-state index is 12.1. The van der Waals surface area contributed by atoms with Crippen LogP contribution in [0, 0.1) is 0 Å². The third kappa shape index (κ3) is 4.37. The molecule has 0 atom stereocenters. The van der Waals surface area contributed by atoms with Crippen LogP contribution < -0.4 is 10.5 Å². The molecule has 0 saturated heterocycles. The molecule has 0 aliphatic rings. The Bertz CT molecular complexity index is 1550. The van der Waals surface area contributed by atoms with Crippen molar-refractivity contribution in [2.75, 3.05) is 12.3 Å². The zero-order valence-corrected chi connectivity index (χ0v) is 20.6. The normalized spacial score (nSPS) is 11.4. The minimum atomic E-state index is -0.277. The van der Waals surface area contributed by atoms with Gasteiger partial charge in [0.25, 0.3) is 0 Å². The highest BCUT2D eigenvalue weighted by Gasteiger charge is 2.17. The fourth-order valence-electron chi connectivity index (χ4n) is 4.48. The molecule has 2 heterocycles. The Balaban J connectivity index is 1.51. The summed E-state index contributed by atoms with van der Waals surface area (Å²) in [6.07, 6.45) is 0.159. The number of nitrogen functional groups attached to an aromatic ring is 1. The van der Waals surface area contributed by atoms with Crippen molar-refractivity contribution in [1.82, 2.24) is 20.0 Å². The van der Waals surface area contributed by atoms with Gasteiger partial charge in [-0.1, -0.05) is 36.4 Å². The van der Waals surface area contributed by atoms with Crippen LogP contribution in [0.25, 0.3) is 32.9 Å². The van der Waals surface area contributed by atoms with Crippen molar-refractivity contribution < 1.29 is 14.3 Å². The number of nitrogens with zero attached hydrogens (tertiary/aromatic N) is 3. The molecule has 3 N–H and O–H groups in total. The zero-order chi connectivity index (χ0) is 25.2. The lowest BCUT2D eigenvalue weighted by atomic mass is 10.0. The highest BCUT2D eigenvalue weighted by atomic mass is 16.5. The van der Waals surface area contributed by atoms with E-state index in [-0.39, 0.29) is 25.0 Å². The van der Waals surface area contributed by atoms with E-state index in [9.17, 15) is 4.79 Å². The molecule has 184 valence electrons. The smallest absolute Gasteiger partial charge is 0.310 e. The van der Waals surface area contributed by atoms with E-state index >= 15 is 0 Å². The van der Waals surface area contributed by atoms with Gasteiger partial charge in [0.1, 0.15) is 18.1 Å². The van der Waals surface area contributed by atoms with Gasteiger partial charge >= 0.3 is 5.97 Å². The standard InChI is InChI=1S/C28H29N5O3/c1-4-35-26(34)15-19-8-5-6-11-25(19)36-16-23-22-14-18(12-13-24(22)33(32-23)17(2)3)20-9-7-10-21-27(20)30-31-28(21)29/h5-14,17H,4,15-16H2,1-3H3,(H3,29,30,31). The number of rotatable bonds is 8. The quantitative estimate of drug-likeness (QED) is 0.285. The molecule has 0 aliphatic heterocycles. The molecule has 0 unspecified atom stereocenters. The molecular weight excluding hydrogens is 454 g/mol. The number of aromatic amines is 1. The molecule has 0 amide bonds. The Kier molecular flexibility index (Phi) is 6.33. The summed E-state index contributed by atoms with van der Waals surface area (Å²) in [7, 11) is 0. The van der Waals surface area contributed by atoms with Crippen molar-refractivity contribution in [3.63, 3.8) is 0 Å². The summed E-state index contributed by atoms with van der Waals surface area (Å²) in [6, 6.07) is 20.0. The molecule has 0 saturated carbocycles. The minimum Gasteiger partial charge on any atom is -0.487 e. The topological polar surface area (TPSA) is 108 Å². The van der Waals surface area contributed by atoms with E-state index in [1.165, 1.54) is 0 Å². The van der Waals surface area contributed by atoms with Crippen molar-refractivity contribution in [3.05, 3.63) is 71.9 Å². The molecule has 0 bridgehead atoms. The van der Waals surface area contributed by atoms with E-state index in [1.807, 2.05) is 41.1 Å². The van der Waals surface area contributed by atoms with Gasteiger partial charge in [-0.15, -0.1) is 0 Å². The first-order valence-electron chi connectivity index (χ1n) is 12.1. The van der Waals surface area contributed by atoms with E-state index in [4.69, 9.17) is 20.3 Å². The monoisotopic (exact) mass is 483 g/mol. The molecule has 8 heteroatoms. The van der Waals surface area contributed by atoms with Gasteiger partial charge < -0.3 is 15.2 Å². The second kappa shape index (κ2) is 9.73. The van der Waals surface area contributed by atoms with Crippen molar-refractivity contribution in [3.8, 4) is 16.9 Å². The van der Waals surface area contributed by atoms with Crippen LogP contribution in [-0.4, -0.2) is 32.6 Å². The second-order valence-electron chi connectivity index (χ2n) is 8.93. The van der Waals surface area contributed by atoms with Crippen LogP contribution in [0.15, 0.2) is 60.7 Å². The number of nitrogens with one attached hydrogen (secondary N) is 1. The van der Waals surface area contributed by atoms with Crippen molar-refractivity contribution in [2.45, 2.75) is 39.8 Å². The van der Waals surface area contributed by atoms with E-state index in [2.05, 4.69) is 48.3 Å². The van der Waals surface area contributed by atoms with Crippen molar-refractivity contribution in [2.24, 2.45) is 0 Å². The van der Waals surface area contributed by atoms with Crippen molar-refractivity contribution in [1.29, 1.82) is 0 Å². The van der Waals surface area contributed by atoms with Crippen LogP contribution in [0.4, 0.5) is 5.82 Å². The number of esters is 1. The molecule has 3 aromatic carbocycles. The van der Waals surface area contributed by atoms with Gasteiger partial charge in [0.15, 0.2) is 5.82 Å². The number of nitrogens with two attached hydrogens (primary N) is 1. The third-order valence-corrected chi connectivity index (χ3v) is 6.19. The highest BCUT2D eigenvalue weighted by molar-refractivity contribution is 6.00. The molecule has 0 aliphatic carbocycles. The van der Waals surface area contributed by atoms with E-state index in [0.717, 1.165) is 44.2 Å². The number of H-pyrrole nitrogens is 1. The van der Waals surface area contributed by atoms with Crippen LogP contribution >= 0.6 is 0 Å². The molecule has 0 spiro atoms. The lowest BCUT2D eigenvalue weighted by molar-refractivity contribution is -0.142. The fourth-order valence-corrected chi connectivity index (χ4v) is 4.48. The predicted molar refractivity (Wildman–Crippen MR) is 141 cm³/mol. The Labute approximate surface area is 209 Å². The first-order valence-corrected chi connectivity index (χ1v) is 12.1. The number of carbonyl (C=O) groups is 1. The molecular formula is C28H29N5O3. The lowest BCUT2D eigenvalue weighted by Crippen LogP contribution is -2.09. The minimum absolute atomic E-state index is 0.159. The third-order valence-electron chi connectivity index (χ3n) is 6.19. The zero-order valence-electron chi connectivity index (χ0n) is 20.6. The van der Waals surface area contributed by atoms with Gasteiger partial charge in [-0.25, -0.2) is 0 Å². The number of aromatic nitrogens is 4. The number of para-hydroxylation sites is 2. The van der Waals surface area contributed by atoms with Crippen LogP contribution in [0.3, 0.4) is 0 Å². The number of benzene rings is 3. The largest absolute Gasteiger partial charge is 0.487 e. The van der Waals surface area contributed by atoms with Gasteiger partial charge in [-0.2, -0.15) is 10.2 Å². The molecule has 36 heavy (non-hydrogen) atoms. The summed E-state index contributed by atoms with van der Waals surface area (Å²) in [5.41, 5.74) is 11.6. The first kappa shape index (κ1) is 23.4. The number of hydrogen-bond donors (Lipinski definition) is 2. The highest BCUT2D eigenvalue weighted by Crippen LogP contribution is 2.33. The molecule has 5 aromatic rings. The van der Waals surface area contributed by atoms with Crippen LogP contribution in [0.1, 0.15) is 38.1 Å². The summed E-state index contributed by atoms with van der Waals surface area (Å²) in [4.78, 5) is 12.1. The maximum absolute atomic E-state index is 12.1. The van der Waals surface area contributed by atoms with Gasteiger partial charge in [-0.05, 0) is 50.6 Å². The number of ether oxygens (including phenoxy) is 2. The Morgan fingerprint density at radius 3 is 2.72 bits per heavy atom. The van der Waals surface area contributed by atoms with Gasteiger partial charge in [0.2, 0.25) is 0 Å². The molecule has 2 aromatic heterocycles. The predicted octanol–water partition coefficient (Wildman–Crippen LogP) is 5.43. The summed E-state index contributed by atoms with van der Waals surface area (Å²) in [5, 5.41) is 14.0. The average Bonchev–Trinajstić information content (AvgIpc) is 3.44. The summed E-state index contributed by atoms with van der Waals surface area (Å²) < 4.78 is 13.3. The number of hydrogen-bond acceptors (Lipinski definition) is 6. The van der Waals surface area contributed by atoms with Gasteiger partial charge in [0.05, 0.1) is 24.1 Å². The average molecular weight is 484 g/mol. The molecule has 0 fully saturated rings. The van der Waals surface area contributed by atoms with Gasteiger partial charge in [-0.3, -0.25) is 14.6 Å². The van der Waals surface area contributed by atoms with E-state index < -0.39 is 0 Å². The Morgan fingerprint density at radius 2 is 1.92 bits per heavy atom. The molecule has 0 radical (unpaired) electrons. The van der Waals surface area contributed by atoms with Crippen LogP contribution in [-0.2, 0) is 22.6 Å². The van der Waals surface area contributed by atoms with Gasteiger partial charge in [0, 0.05) is 27.9 Å². The summed E-state index contributed by atoms with van der Waals surface area (Å²) in [5.74, 6) is 0.851. The second-order valence-corrected chi connectivity index (χ2v) is 8.93. The number of carbonyl (C=O) groups excluding carboxylic acids is 1. The van der Waals surface area contributed by atoms with E-state index in [1.54, 1.807) is 6.92 Å². The number of anilines is 1. The SMILES string of the molecule is CCOC(=O)Cc1ccccc1OCc1nn(C(C)C)c2ccc(-c3cccc4c(N)n[nH]c34)cc12. The summed E-state index contributed by atoms with van der Waals surface area (Å²) >= 11 is 0. The maximum Gasteiger partial charge on any atom is 0.310 e. The first-order chi connectivity index (χ1) is 17.5. The van der Waals surface area contributed by atoms with Crippen molar-refractivity contribution >= 4 is 33.6 Å². The van der Waals surface area contributed by atoms with E-state index in [0.29, 0.717) is 18.2 Å². The molecule has 5 rings (SSSR count). The fraction of sp³-hybridized carbons (Fsp3) is 0.250. The lowest BCUT2D eigenvalue weighted by Gasteiger charge is -2.10. The Hall–Kier alpha value is -4.33. The number of fused-ring (bicyclic) bond motifs is 2. The van der Waals surface area contributed by atoms with Crippen LogP contribution in [0.5, 0.6) is 5.75 Å². The molecule has 8 nitrogen and oxygen atoms in total.